The normalized spacial score (nSPS) is 19.1. The Balaban J connectivity index is 2.16. The lowest BCUT2D eigenvalue weighted by Crippen LogP contribution is -2.48. The second-order valence-electron chi connectivity index (χ2n) is 4.13. The largest absolute Gasteiger partial charge is 0.325 e. The van der Waals surface area contributed by atoms with Gasteiger partial charge in [-0.1, -0.05) is 6.07 Å². The topological polar surface area (TPSA) is 26.0 Å². The molecule has 0 unspecified atom stereocenters. The lowest BCUT2D eigenvalue weighted by Gasteiger charge is -2.38. The fourth-order valence-corrected chi connectivity index (χ4v) is 1.85. The highest BCUT2D eigenvalue weighted by atomic mass is 19.1. The molecule has 0 saturated heterocycles. The third-order valence-corrected chi connectivity index (χ3v) is 2.91. The zero-order valence-corrected chi connectivity index (χ0v) is 7.89. The maximum atomic E-state index is 13.2. The van der Waals surface area contributed by atoms with Gasteiger partial charge in [-0.15, -0.1) is 0 Å². The van der Waals surface area contributed by atoms with Crippen LogP contribution in [0.5, 0.6) is 0 Å². The standard InChI is InChI=1S/C11H13F2N/c12-9-3-2-8(10(13)6-9)7-11(14)4-1-5-11/h2-3,6H,1,4-5,7,14H2. The third-order valence-electron chi connectivity index (χ3n) is 2.91. The molecule has 0 aromatic heterocycles. The summed E-state index contributed by atoms with van der Waals surface area (Å²) in [5.41, 5.74) is 6.25. The summed E-state index contributed by atoms with van der Waals surface area (Å²) < 4.78 is 25.9. The molecule has 0 atom stereocenters. The highest BCUT2D eigenvalue weighted by Gasteiger charge is 2.33. The van der Waals surface area contributed by atoms with Crippen molar-refractivity contribution >= 4 is 0 Å². The van der Waals surface area contributed by atoms with Crippen molar-refractivity contribution < 1.29 is 8.78 Å². The Bertz CT molecular complexity index is 345. The van der Waals surface area contributed by atoms with Crippen LogP contribution < -0.4 is 5.73 Å². The summed E-state index contributed by atoms with van der Waals surface area (Å²) in [5, 5.41) is 0. The molecule has 2 rings (SSSR count). The summed E-state index contributed by atoms with van der Waals surface area (Å²) in [6.45, 7) is 0. The predicted molar refractivity (Wildman–Crippen MR) is 50.8 cm³/mol. The van der Waals surface area contributed by atoms with Crippen LogP contribution in [-0.4, -0.2) is 5.54 Å². The first-order valence-corrected chi connectivity index (χ1v) is 4.82. The van der Waals surface area contributed by atoms with Gasteiger partial charge in [-0.25, -0.2) is 8.78 Å². The SMILES string of the molecule is NC1(Cc2ccc(F)cc2F)CCC1. The summed E-state index contributed by atoms with van der Waals surface area (Å²) in [6.07, 6.45) is 3.49. The van der Waals surface area contributed by atoms with Gasteiger partial charge in [0.2, 0.25) is 0 Å². The van der Waals surface area contributed by atoms with Crippen LogP contribution in [0.15, 0.2) is 18.2 Å². The summed E-state index contributed by atoms with van der Waals surface area (Å²) >= 11 is 0. The number of hydrogen-bond acceptors (Lipinski definition) is 1. The first-order valence-electron chi connectivity index (χ1n) is 4.82. The molecule has 1 nitrogen and oxygen atoms in total. The maximum Gasteiger partial charge on any atom is 0.129 e. The van der Waals surface area contributed by atoms with E-state index in [4.69, 9.17) is 5.73 Å². The maximum absolute atomic E-state index is 13.2. The van der Waals surface area contributed by atoms with Gasteiger partial charge in [-0.05, 0) is 37.3 Å². The van der Waals surface area contributed by atoms with Crippen LogP contribution in [0.2, 0.25) is 0 Å². The molecule has 0 aliphatic heterocycles. The van der Waals surface area contributed by atoms with Gasteiger partial charge in [0, 0.05) is 11.6 Å². The molecule has 0 spiro atoms. The minimum Gasteiger partial charge on any atom is -0.325 e. The molecule has 0 amide bonds. The fraction of sp³-hybridized carbons (Fsp3) is 0.455. The van der Waals surface area contributed by atoms with E-state index in [-0.39, 0.29) is 5.54 Å². The number of hydrogen-bond donors (Lipinski definition) is 1. The number of rotatable bonds is 2. The molecule has 0 heterocycles. The van der Waals surface area contributed by atoms with Crippen molar-refractivity contribution in [3.63, 3.8) is 0 Å². The van der Waals surface area contributed by atoms with E-state index in [2.05, 4.69) is 0 Å². The first-order chi connectivity index (χ1) is 6.59. The summed E-state index contributed by atoms with van der Waals surface area (Å²) in [7, 11) is 0. The second-order valence-corrected chi connectivity index (χ2v) is 4.13. The molecular formula is C11H13F2N. The number of nitrogens with two attached hydrogens (primary N) is 1. The minimum atomic E-state index is -0.536. The number of benzene rings is 1. The average Bonchev–Trinajstić information content (AvgIpc) is 2.07. The van der Waals surface area contributed by atoms with E-state index in [0.717, 1.165) is 25.3 Å². The molecule has 1 saturated carbocycles. The van der Waals surface area contributed by atoms with Crippen LogP contribution in [0.3, 0.4) is 0 Å². The summed E-state index contributed by atoms with van der Waals surface area (Å²) in [4.78, 5) is 0. The Morgan fingerprint density at radius 2 is 2.00 bits per heavy atom. The van der Waals surface area contributed by atoms with Gasteiger partial charge in [-0.2, -0.15) is 0 Å². The lowest BCUT2D eigenvalue weighted by molar-refractivity contribution is 0.245. The third kappa shape index (κ3) is 1.77. The Kier molecular flexibility index (Phi) is 2.27. The Hall–Kier alpha value is -0.960. The van der Waals surface area contributed by atoms with Crippen molar-refractivity contribution in [3.8, 4) is 0 Å². The Labute approximate surface area is 81.9 Å². The Morgan fingerprint density at radius 1 is 1.29 bits per heavy atom. The van der Waals surface area contributed by atoms with Crippen LogP contribution in [-0.2, 0) is 6.42 Å². The van der Waals surface area contributed by atoms with E-state index >= 15 is 0 Å². The van der Waals surface area contributed by atoms with Crippen molar-refractivity contribution in [1.29, 1.82) is 0 Å². The van der Waals surface area contributed by atoms with Crippen molar-refractivity contribution in [3.05, 3.63) is 35.4 Å². The molecule has 1 aromatic rings. The van der Waals surface area contributed by atoms with Gasteiger partial charge < -0.3 is 5.73 Å². The fourth-order valence-electron chi connectivity index (χ4n) is 1.85. The summed E-state index contributed by atoms with van der Waals surface area (Å²) in [5.74, 6) is -1.02. The molecular weight excluding hydrogens is 184 g/mol. The zero-order valence-electron chi connectivity index (χ0n) is 7.89. The van der Waals surface area contributed by atoms with Gasteiger partial charge in [0.15, 0.2) is 0 Å². The average molecular weight is 197 g/mol. The van der Waals surface area contributed by atoms with Gasteiger partial charge in [0.1, 0.15) is 11.6 Å². The van der Waals surface area contributed by atoms with Gasteiger partial charge in [-0.3, -0.25) is 0 Å². The van der Waals surface area contributed by atoms with Crippen LogP contribution in [0, 0.1) is 11.6 Å². The second kappa shape index (κ2) is 3.31. The summed E-state index contributed by atoms with van der Waals surface area (Å²) in [6, 6.07) is 3.68. The van der Waals surface area contributed by atoms with Crippen LogP contribution in [0.25, 0.3) is 0 Å². The predicted octanol–water partition coefficient (Wildman–Crippen LogP) is 2.39. The highest BCUT2D eigenvalue weighted by molar-refractivity contribution is 5.21. The van der Waals surface area contributed by atoms with Crippen LogP contribution >= 0.6 is 0 Å². The van der Waals surface area contributed by atoms with E-state index in [1.54, 1.807) is 0 Å². The molecule has 14 heavy (non-hydrogen) atoms. The van der Waals surface area contributed by atoms with E-state index < -0.39 is 11.6 Å². The van der Waals surface area contributed by atoms with Crippen LogP contribution in [0.4, 0.5) is 8.78 Å². The van der Waals surface area contributed by atoms with Crippen molar-refractivity contribution in [2.45, 2.75) is 31.2 Å². The molecule has 0 radical (unpaired) electrons. The van der Waals surface area contributed by atoms with Gasteiger partial charge >= 0.3 is 0 Å². The smallest absolute Gasteiger partial charge is 0.129 e. The quantitative estimate of drug-likeness (QED) is 0.774. The highest BCUT2D eigenvalue weighted by Crippen LogP contribution is 2.32. The molecule has 76 valence electrons. The molecule has 1 aromatic carbocycles. The van der Waals surface area contributed by atoms with Gasteiger partial charge in [0.05, 0.1) is 0 Å². The van der Waals surface area contributed by atoms with Crippen molar-refractivity contribution in [2.75, 3.05) is 0 Å². The molecule has 2 N–H and O–H groups in total. The van der Waals surface area contributed by atoms with E-state index in [1.165, 1.54) is 12.1 Å². The van der Waals surface area contributed by atoms with Crippen molar-refractivity contribution in [1.82, 2.24) is 0 Å². The first kappa shape index (κ1) is 9.59. The molecule has 0 bridgehead atoms. The minimum absolute atomic E-state index is 0.251. The molecule has 1 aliphatic rings. The lowest BCUT2D eigenvalue weighted by atomic mass is 9.74. The van der Waals surface area contributed by atoms with Crippen molar-refractivity contribution in [2.24, 2.45) is 5.73 Å². The van der Waals surface area contributed by atoms with E-state index in [9.17, 15) is 8.78 Å². The monoisotopic (exact) mass is 197 g/mol. The van der Waals surface area contributed by atoms with E-state index in [1.807, 2.05) is 0 Å². The Morgan fingerprint density at radius 3 is 2.50 bits per heavy atom. The molecule has 1 fully saturated rings. The number of halogens is 2. The zero-order chi connectivity index (χ0) is 10.2. The van der Waals surface area contributed by atoms with Gasteiger partial charge in [0.25, 0.3) is 0 Å². The van der Waals surface area contributed by atoms with E-state index in [0.29, 0.717) is 12.0 Å². The van der Waals surface area contributed by atoms with Crippen LogP contribution in [0.1, 0.15) is 24.8 Å². The molecule has 3 heteroatoms. The molecule has 1 aliphatic carbocycles.